The van der Waals surface area contributed by atoms with Crippen molar-refractivity contribution in [3.05, 3.63) is 0 Å². The fourth-order valence-corrected chi connectivity index (χ4v) is 3.19. The van der Waals surface area contributed by atoms with Crippen molar-refractivity contribution < 1.29 is 24.3 Å². The van der Waals surface area contributed by atoms with Crippen LogP contribution in [0.15, 0.2) is 0 Å². The van der Waals surface area contributed by atoms with Crippen LogP contribution in [-0.2, 0) is 14.1 Å². The Labute approximate surface area is 122 Å². The number of carbonyl (C=O) groups is 1. The maximum atomic E-state index is 11.9. The van der Waals surface area contributed by atoms with E-state index in [1.54, 1.807) is 6.92 Å². The highest BCUT2D eigenvalue weighted by atomic mass is 31.0. The van der Waals surface area contributed by atoms with Gasteiger partial charge in [0.2, 0.25) is 5.79 Å². The molecular weight excluding hydrogens is 281 g/mol. The molecule has 7 heteroatoms. The molecule has 1 saturated heterocycles. The Kier molecular flexibility index (Phi) is 6.51. The van der Waals surface area contributed by atoms with Crippen molar-refractivity contribution in [2.45, 2.75) is 51.2 Å². The average Bonchev–Trinajstić information content (AvgIpc) is 2.44. The highest BCUT2D eigenvalue weighted by Gasteiger charge is 2.50. The van der Waals surface area contributed by atoms with Crippen molar-refractivity contribution in [2.24, 2.45) is 11.8 Å². The molecule has 0 spiro atoms. The summed E-state index contributed by atoms with van der Waals surface area (Å²) in [6, 6.07) is -0.0289. The number of hydrogen-bond acceptors (Lipinski definition) is 6. The number of aliphatic hydroxyl groups is 2. The highest BCUT2D eigenvalue weighted by molar-refractivity contribution is 7.10. The summed E-state index contributed by atoms with van der Waals surface area (Å²) in [5.74, 6) is -1.72. The summed E-state index contributed by atoms with van der Waals surface area (Å²) < 4.78 is 11.2. The van der Waals surface area contributed by atoms with Crippen molar-refractivity contribution in [2.75, 3.05) is 13.7 Å². The molecule has 118 valence electrons. The zero-order chi connectivity index (χ0) is 15.5. The summed E-state index contributed by atoms with van der Waals surface area (Å²) in [6.45, 7) is 4.89. The molecule has 0 aromatic rings. The van der Waals surface area contributed by atoms with Gasteiger partial charge in [-0.05, 0) is 13.0 Å². The van der Waals surface area contributed by atoms with Gasteiger partial charge in [-0.2, -0.15) is 0 Å². The second kappa shape index (κ2) is 7.25. The Morgan fingerprint density at radius 2 is 2.25 bits per heavy atom. The van der Waals surface area contributed by atoms with Crippen LogP contribution in [0.4, 0.5) is 0 Å². The van der Waals surface area contributed by atoms with E-state index in [0.717, 1.165) is 0 Å². The quantitative estimate of drug-likeness (QED) is 0.602. The fraction of sp³-hybridized carbons (Fsp3) is 0.923. The van der Waals surface area contributed by atoms with Crippen molar-refractivity contribution in [1.29, 1.82) is 0 Å². The lowest BCUT2D eigenvalue weighted by molar-refractivity contribution is -0.253. The molecule has 6 nitrogen and oxygen atoms in total. The first-order valence-corrected chi connectivity index (χ1v) is 7.33. The number of nitrogens with one attached hydrogen (secondary N) is 1. The molecule has 7 atom stereocenters. The first kappa shape index (κ1) is 18.0. The Morgan fingerprint density at radius 3 is 2.65 bits per heavy atom. The molecule has 1 rings (SSSR count). The molecule has 1 heterocycles. The predicted octanol–water partition coefficient (Wildman–Crippen LogP) is 0.0807. The van der Waals surface area contributed by atoms with Crippen LogP contribution in [0.3, 0.4) is 0 Å². The van der Waals surface area contributed by atoms with Gasteiger partial charge in [0.15, 0.2) is 5.78 Å². The summed E-state index contributed by atoms with van der Waals surface area (Å²) in [6.07, 6.45) is -0.902. The minimum atomic E-state index is -1.30. The summed E-state index contributed by atoms with van der Waals surface area (Å²) in [7, 11) is 3.91. The number of carbonyl (C=O) groups excluding carboxylic acids is 1. The Balaban J connectivity index is 3.06. The van der Waals surface area contributed by atoms with Crippen LogP contribution in [0.1, 0.15) is 27.2 Å². The monoisotopic (exact) mass is 307 g/mol. The first-order chi connectivity index (χ1) is 9.32. The summed E-state index contributed by atoms with van der Waals surface area (Å²) in [4.78, 5) is 11.9. The Morgan fingerprint density at radius 1 is 1.65 bits per heavy atom. The van der Waals surface area contributed by atoms with E-state index in [-0.39, 0.29) is 30.3 Å². The van der Waals surface area contributed by atoms with E-state index >= 15 is 0 Å². The molecule has 1 aliphatic heterocycles. The van der Waals surface area contributed by atoms with Crippen LogP contribution in [0.5, 0.6) is 0 Å². The molecule has 1 fully saturated rings. The second-order valence-electron chi connectivity index (χ2n) is 5.61. The summed E-state index contributed by atoms with van der Waals surface area (Å²) in [5, 5.41) is 22.2. The van der Waals surface area contributed by atoms with Crippen molar-refractivity contribution in [3.8, 4) is 0 Å². The predicted molar refractivity (Wildman–Crippen MR) is 78.0 cm³/mol. The number of Topliss-reactive ketones (excluding diaryl/α,β-unsaturated/α-hetero) is 1. The van der Waals surface area contributed by atoms with Crippen LogP contribution in [0.2, 0.25) is 0 Å². The number of ketones is 1. The summed E-state index contributed by atoms with van der Waals surface area (Å²) in [5.41, 5.74) is 0. The van der Waals surface area contributed by atoms with Crippen LogP contribution >= 0.6 is 9.47 Å². The van der Waals surface area contributed by atoms with E-state index < -0.39 is 18.0 Å². The molecule has 7 unspecified atom stereocenters. The average molecular weight is 307 g/mol. The van der Waals surface area contributed by atoms with E-state index in [9.17, 15) is 9.90 Å². The molecule has 0 saturated carbocycles. The lowest BCUT2D eigenvalue weighted by atomic mass is 9.79. The van der Waals surface area contributed by atoms with Crippen LogP contribution in [0, 0.1) is 11.8 Å². The second-order valence-corrected chi connectivity index (χ2v) is 5.85. The Bertz CT molecular complexity index is 343. The molecule has 0 bridgehead atoms. The van der Waals surface area contributed by atoms with E-state index in [1.807, 2.05) is 14.0 Å². The van der Waals surface area contributed by atoms with Crippen molar-refractivity contribution >= 4 is 15.2 Å². The topological polar surface area (TPSA) is 88.0 Å². The zero-order valence-corrected chi connectivity index (χ0v) is 13.7. The largest absolute Gasteiger partial charge is 0.394 e. The lowest BCUT2D eigenvalue weighted by Gasteiger charge is -2.48. The maximum absolute atomic E-state index is 11.9. The Hall–Kier alpha value is -0.100. The SMILES string of the molecule is CNC1C(C)CC(OP)(C(C)=O)OC1C(C)C(O)CO. The van der Waals surface area contributed by atoms with Gasteiger partial charge in [0, 0.05) is 34.8 Å². The number of aliphatic hydroxyl groups excluding tert-OH is 2. The molecule has 0 amide bonds. The maximum Gasteiger partial charge on any atom is 0.231 e. The van der Waals surface area contributed by atoms with Gasteiger partial charge in [-0.15, -0.1) is 0 Å². The van der Waals surface area contributed by atoms with Gasteiger partial charge in [-0.25, -0.2) is 0 Å². The van der Waals surface area contributed by atoms with E-state index in [1.165, 1.54) is 6.92 Å². The zero-order valence-electron chi connectivity index (χ0n) is 12.5. The molecule has 3 N–H and O–H groups in total. The van der Waals surface area contributed by atoms with E-state index in [4.69, 9.17) is 14.4 Å². The van der Waals surface area contributed by atoms with Gasteiger partial charge in [-0.3, -0.25) is 4.79 Å². The smallest absolute Gasteiger partial charge is 0.231 e. The number of likely N-dealkylation sites (N-methyl/N-ethyl adjacent to an activating group) is 1. The van der Waals surface area contributed by atoms with Crippen molar-refractivity contribution in [1.82, 2.24) is 5.32 Å². The third-order valence-electron chi connectivity index (χ3n) is 4.26. The molecule has 0 radical (unpaired) electrons. The normalized spacial score (nSPS) is 37.5. The molecule has 1 aliphatic rings. The number of ether oxygens (including phenoxy) is 1. The molecule has 0 aliphatic carbocycles. The minimum Gasteiger partial charge on any atom is -0.394 e. The van der Waals surface area contributed by atoms with Gasteiger partial charge >= 0.3 is 0 Å². The van der Waals surface area contributed by atoms with Gasteiger partial charge in [0.05, 0.1) is 18.8 Å². The molecule has 20 heavy (non-hydrogen) atoms. The first-order valence-electron chi connectivity index (χ1n) is 6.85. The fourth-order valence-electron chi connectivity index (χ4n) is 2.87. The molecule has 0 aromatic heterocycles. The minimum absolute atomic E-state index is 0.0289. The summed E-state index contributed by atoms with van der Waals surface area (Å²) >= 11 is 0. The van der Waals surface area contributed by atoms with E-state index in [2.05, 4.69) is 14.8 Å². The number of hydrogen-bond donors (Lipinski definition) is 3. The number of rotatable bonds is 6. The van der Waals surface area contributed by atoms with Crippen LogP contribution < -0.4 is 5.32 Å². The molecule has 0 aromatic carbocycles. The highest BCUT2D eigenvalue weighted by Crippen LogP contribution is 2.39. The van der Waals surface area contributed by atoms with Crippen LogP contribution in [0.25, 0.3) is 0 Å². The standard InChI is InChI=1S/C13H26NO5P/c1-7-5-13(19-20,9(3)16)18-12(11(7)14-4)8(2)10(17)6-15/h7-8,10-12,14-15,17H,5-6,20H2,1-4H3. The third kappa shape index (κ3) is 3.38. The van der Waals surface area contributed by atoms with Gasteiger partial charge < -0.3 is 24.8 Å². The van der Waals surface area contributed by atoms with Crippen LogP contribution in [-0.4, -0.2) is 53.7 Å². The third-order valence-corrected chi connectivity index (χ3v) is 4.64. The lowest BCUT2D eigenvalue weighted by Crippen LogP contribution is -2.61. The van der Waals surface area contributed by atoms with Gasteiger partial charge in [-0.1, -0.05) is 13.8 Å². The van der Waals surface area contributed by atoms with Gasteiger partial charge in [0.25, 0.3) is 0 Å². The van der Waals surface area contributed by atoms with E-state index in [0.29, 0.717) is 6.42 Å². The van der Waals surface area contributed by atoms with Crippen molar-refractivity contribution in [3.63, 3.8) is 0 Å². The molecular formula is C13H26NO5P. The van der Waals surface area contributed by atoms with Gasteiger partial charge in [0.1, 0.15) is 0 Å².